The molecule has 0 saturated heterocycles. The maximum absolute atomic E-state index is 12.4. The van der Waals surface area contributed by atoms with Gasteiger partial charge in [0.25, 0.3) is 5.91 Å². The third-order valence-electron chi connectivity index (χ3n) is 4.55. The topological polar surface area (TPSA) is 64.6 Å². The molecule has 7 heteroatoms. The first-order valence-electron chi connectivity index (χ1n) is 8.26. The fourth-order valence-electron chi connectivity index (χ4n) is 1.91. The van der Waals surface area contributed by atoms with E-state index >= 15 is 0 Å². The summed E-state index contributed by atoms with van der Waals surface area (Å²) in [6, 6.07) is 6.27. The van der Waals surface area contributed by atoms with E-state index in [1.807, 2.05) is 6.07 Å². The molecule has 0 heterocycles. The third-order valence-corrected chi connectivity index (χ3v) is 9.58. The van der Waals surface area contributed by atoms with Gasteiger partial charge in [-0.05, 0) is 36.3 Å². The zero-order valence-corrected chi connectivity index (χ0v) is 18.4. The zero-order valence-electron chi connectivity index (χ0n) is 15.8. The van der Waals surface area contributed by atoms with Crippen molar-refractivity contribution < 1.29 is 18.8 Å². The van der Waals surface area contributed by atoms with Crippen molar-refractivity contribution in [2.45, 2.75) is 51.4 Å². The summed E-state index contributed by atoms with van der Waals surface area (Å²) in [5, 5.41) is 2.83. The number of rotatable bonds is 7. The predicted molar refractivity (Wildman–Crippen MR) is 105 cm³/mol. The van der Waals surface area contributed by atoms with E-state index in [-0.39, 0.29) is 10.9 Å². The van der Waals surface area contributed by atoms with Gasteiger partial charge >= 0.3 is 5.97 Å². The second-order valence-corrected chi connectivity index (χ2v) is 13.2. The highest BCUT2D eigenvalue weighted by atomic mass is 79.9. The molecule has 0 aliphatic carbocycles. The van der Waals surface area contributed by atoms with Crippen LogP contribution in [0.4, 0.5) is 0 Å². The Morgan fingerprint density at radius 3 is 2.44 bits per heavy atom. The van der Waals surface area contributed by atoms with E-state index in [1.54, 1.807) is 18.2 Å². The Morgan fingerprint density at radius 1 is 1.28 bits per heavy atom. The number of halogens is 1. The Balaban J connectivity index is 2.72. The molecule has 140 valence electrons. The van der Waals surface area contributed by atoms with Gasteiger partial charge < -0.3 is 14.5 Å². The Hall–Kier alpha value is -1.18. The molecule has 0 aromatic heterocycles. The molecule has 5 nitrogen and oxygen atoms in total. The highest BCUT2D eigenvalue weighted by Crippen LogP contribution is 2.36. The smallest absolute Gasteiger partial charge is 0.328 e. The van der Waals surface area contributed by atoms with Crippen molar-refractivity contribution in [3.05, 3.63) is 34.3 Å². The number of amides is 1. The van der Waals surface area contributed by atoms with Gasteiger partial charge in [0, 0.05) is 23.1 Å². The molecule has 1 amide bonds. The Labute approximate surface area is 159 Å². The normalized spacial score (nSPS) is 13.2. The Bertz CT molecular complexity index is 613. The molecular formula is C18H28BrNO4Si. The zero-order chi connectivity index (χ0) is 19.3. The van der Waals surface area contributed by atoms with Gasteiger partial charge in [0.15, 0.2) is 8.32 Å². The number of carbonyl (C=O) groups excluding carboxylic acids is 2. The number of hydrogen-bond acceptors (Lipinski definition) is 4. The van der Waals surface area contributed by atoms with Gasteiger partial charge in [-0.25, -0.2) is 4.79 Å². The van der Waals surface area contributed by atoms with E-state index in [0.717, 1.165) is 4.47 Å². The van der Waals surface area contributed by atoms with Gasteiger partial charge in [0.05, 0.1) is 7.11 Å². The number of esters is 1. The van der Waals surface area contributed by atoms with E-state index in [0.29, 0.717) is 18.6 Å². The average molecular weight is 430 g/mol. The Morgan fingerprint density at radius 2 is 1.92 bits per heavy atom. The number of benzene rings is 1. The summed E-state index contributed by atoms with van der Waals surface area (Å²) >= 11 is 3.33. The van der Waals surface area contributed by atoms with Crippen molar-refractivity contribution in [1.82, 2.24) is 5.32 Å². The molecule has 0 fully saturated rings. The molecule has 0 aliphatic heterocycles. The van der Waals surface area contributed by atoms with Crippen molar-refractivity contribution in [3.63, 3.8) is 0 Å². The molecule has 25 heavy (non-hydrogen) atoms. The van der Waals surface area contributed by atoms with Crippen LogP contribution in [0.2, 0.25) is 18.1 Å². The first kappa shape index (κ1) is 21.9. The lowest BCUT2D eigenvalue weighted by molar-refractivity contribution is -0.143. The molecule has 1 atom stereocenters. The van der Waals surface area contributed by atoms with Crippen LogP contribution in [0.15, 0.2) is 28.7 Å². The molecule has 1 N–H and O–H groups in total. The van der Waals surface area contributed by atoms with Crippen molar-refractivity contribution in [2.75, 3.05) is 13.7 Å². The average Bonchev–Trinajstić information content (AvgIpc) is 2.51. The fraction of sp³-hybridized carbons (Fsp3) is 0.556. The molecule has 1 rings (SSSR count). The Kier molecular flexibility index (Phi) is 7.83. The van der Waals surface area contributed by atoms with Crippen LogP contribution in [0.1, 0.15) is 37.6 Å². The van der Waals surface area contributed by atoms with Crippen LogP contribution in [0.3, 0.4) is 0 Å². The molecule has 0 saturated carbocycles. The van der Waals surface area contributed by atoms with Crippen molar-refractivity contribution >= 4 is 36.1 Å². The van der Waals surface area contributed by atoms with Crippen LogP contribution < -0.4 is 5.32 Å². The van der Waals surface area contributed by atoms with Crippen molar-refractivity contribution in [2.24, 2.45) is 0 Å². The van der Waals surface area contributed by atoms with Crippen molar-refractivity contribution in [1.29, 1.82) is 0 Å². The number of carbonyl (C=O) groups is 2. The van der Waals surface area contributed by atoms with Crippen LogP contribution in [-0.2, 0) is 14.0 Å². The minimum absolute atomic E-state index is 0.0906. The van der Waals surface area contributed by atoms with E-state index in [1.165, 1.54) is 7.11 Å². The molecule has 0 aliphatic rings. The molecule has 0 radical (unpaired) electrons. The monoisotopic (exact) mass is 429 g/mol. The summed E-state index contributed by atoms with van der Waals surface area (Å²) in [6.07, 6.45) is 0.374. The third kappa shape index (κ3) is 6.56. The number of ether oxygens (including phenoxy) is 1. The molecule has 0 unspecified atom stereocenters. The quantitative estimate of drug-likeness (QED) is 0.522. The summed E-state index contributed by atoms with van der Waals surface area (Å²) in [6.45, 7) is 11.2. The second-order valence-electron chi connectivity index (χ2n) is 7.46. The summed E-state index contributed by atoms with van der Waals surface area (Å²) in [4.78, 5) is 24.4. The van der Waals surface area contributed by atoms with Gasteiger partial charge in [-0.15, -0.1) is 0 Å². The first-order valence-corrected chi connectivity index (χ1v) is 12.0. The highest BCUT2D eigenvalue weighted by Gasteiger charge is 2.37. The van der Waals surface area contributed by atoms with Gasteiger partial charge in [-0.1, -0.05) is 42.8 Å². The van der Waals surface area contributed by atoms with Gasteiger partial charge in [-0.2, -0.15) is 0 Å². The van der Waals surface area contributed by atoms with E-state index in [2.05, 4.69) is 55.1 Å². The molecule has 1 aromatic rings. The van der Waals surface area contributed by atoms with Crippen molar-refractivity contribution in [3.8, 4) is 0 Å². The lowest BCUT2D eigenvalue weighted by Crippen LogP contribution is -2.45. The van der Waals surface area contributed by atoms with Gasteiger partial charge in [0.2, 0.25) is 0 Å². The summed E-state index contributed by atoms with van der Waals surface area (Å²) in [7, 11) is -0.584. The van der Waals surface area contributed by atoms with E-state index in [4.69, 9.17) is 9.16 Å². The van der Waals surface area contributed by atoms with Gasteiger partial charge in [-0.3, -0.25) is 4.79 Å². The summed E-state index contributed by atoms with van der Waals surface area (Å²) in [5.41, 5.74) is 0.480. The maximum Gasteiger partial charge on any atom is 0.328 e. The van der Waals surface area contributed by atoms with Crippen LogP contribution in [-0.4, -0.2) is 40.0 Å². The van der Waals surface area contributed by atoms with E-state index < -0.39 is 20.3 Å². The summed E-state index contributed by atoms with van der Waals surface area (Å²) < 4.78 is 11.7. The largest absolute Gasteiger partial charge is 0.467 e. The lowest BCUT2D eigenvalue weighted by Gasteiger charge is -2.36. The fourth-order valence-corrected chi connectivity index (χ4v) is 3.37. The number of hydrogen-bond donors (Lipinski definition) is 1. The van der Waals surface area contributed by atoms with Crippen LogP contribution in [0.25, 0.3) is 0 Å². The van der Waals surface area contributed by atoms with Gasteiger partial charge in [0.1, 0.15) is 6.04 Å². The second kappa shape index (κ2) is 8.96. The maximum atomic E-state index is 12.4. The predicted octanol–water partition coefficient (Wildman–Crippen LogP) is 4.13. The standard InChI is InChI=1S/C18H28BrNO4Si/c1-18(2,3)25(5,6)24-11-10-15(17(22)23-4)20-16(21)13-8-7-9-14(19)12-13/h7-9,12,15H,10-11H2,1-6H3,(H,20,21)/t15-/m0/s1. The molecular weight excluding hydrogens is 402 g/mol. The molecule has 1 aromatic carbocycles. The van der Waals surface area contributed by atoms with Crippen LogP contribution in [0, 0.1) is 0 Å². The lowest BCUT2D eigenvalue weighted by atomic mass is 10.1. The molecule has 0 bridgehead atoms. The van der Waals surface area contributed by atoms with E-state index in [9.17, 15) is 9.59 Å². The minimum atomic E-state index is -1.90. The number of nitrogens with one attached hydrogen (secondary N) is 1. The summed E-state index contributed by atoms with van der Waals surface area (Å²) in [5.74, 6) is -0.786. The van der Waals surface area contributed by atoms with Crippen LogP contribution >= 0.6 is 15.9 Å². The number of methoxy groups -OCH3 is 1. The first-order chi connectivity index (χ1) is 11.5. The van der Waals surface area contributed by atoms with Crippen LogP contribution in [0.5, 0.6) is 0 Å². The molecule has 0 spiro atoms. The SMILES string of the molecule is COC(=O)[C@H](CCO[Si](C)(C)C(C)(C)C)NC(=O)c1cccc(Br)c1. The minimum Gasteiger partial charge on any atom is -0.467 e. The highest BCUT2D eigenvalue weighted by molar-refractivity contribution is 9.10.